The average Bonchev–Trinajstić information content (AvgIpc) is 3.72. The molecule has 3 heterocycles. The van der Waals surface area contributed by atoms with Gasteiger partial charge in [0.05, 0.1) is 10.9 Å². The van der Waals surface area contributed by atoms with Gasteiger partial charge in [0.1, 0.15) is 12.1 Å². The number of fused-ring (bicyclic) bond motifs is 1. The van der Waals surface area contributed by atoms with Crippen LogP contribution in [0, 0.1) is 22.7 Å². The minimum absolute atomic E-state index is 0.0169. The third-order valence-electron chi connectivity index (χ3n) is 9.46. The number of hydrogen-bond acceptors (Lipinski definition) is 8. The maximum Gasteiger partial charge on any atom is 0.315 e. The number of thiophene rings is 1. The van der Waals surface area contributed by atoms with E-state index in [2.05, 4.69) is 27.8 Å². The fraction of sp³-hybridized carbons (Fsp3) is 0.686. The molecule has 5 atom stereocenters. The molecule has 15 heteroatoms. The molecule has 0 spiro atoms. The van der Waals surface area contributed by atoms with E-state index in [4.69, 9.17) is 0 Å². The average molecular weight is 737 g/mol. The molecular weight excluding hydrogens is 681 g/mol. The minimum atomic E-state index is -3.69. The lowest BCUT2D eigenvalue weighted by Crippen LogP contribution is -2.62. The van der Waals surface area contributed by atoms with E-state index >= 15 is 0 Å². The molecule has 0 aliphatic carbocycles. The lowest BCUT2D eigenvalue weighted by atomic mass is 9.84. The number of nitrogens with one attached hydrogen (secondary N) is 4. The summed E-state index contributed by atoms with van der Waals surface area (Å²) < 4.78 is 27.8. The van der Waals surface area contributed by atoms with Gasteiger partial charge in [0.15, 0.2) is 0 Å². The Morgan fingerprint density at radius 3 is 2.24 bits per heavy atom. The van der Waals surface area contributed by atoms with Crippen molar-refractivity contribution in [1.29, 1.82) is 0 Å². The number of carbonyl (C=O) groups excluding carboxylic acids is 5. The summed E-state index contributed by atoms with van der Waals surface area (Å²) in [4.78, 5) is 70.1. The predicted octanol–water partition coefficient (Wildman–Crippen LogP) is 3.41. The van der Waals surface area contributed by atoms with Gasteiger partial charge in [-0.05, 0) is 47.0 Å². The summed E-state index contributed by atoms with van der Waals surface area (Å²) in [5, 5.41) is 12.8. The highest BCUT2D eigenvalue weighted by Crippen LogP contribution is 2.36. The zero-order valence-corrected chi connectivity index (χ0v) is 32.6. The highest BCUT2D eigenvalue weighted by molar-refractivity contribution is 7.89. The number of nitrogens with zero attached hydrogens (tertiary/aromatic N) is 2. The third-order valence-corrected chi connectivity index (χ3v) is 12.4. The Morgan fingerprint density at radius 2 is 1.70 bits per heavy atom. The molecule has 2 aliphatic heterocycles. The molecule has 13 nitrogen and oxygen atoms in total. The van der Waals surface area contributed by atoms with Crippen LogP contribution in [0.3, 0.4) is 0 Å². The summed E-state index contributed by atoms with van der Waals surface area (Å²) in [6.07, 6.45) is 2.77. The molecule has 3 rings (SSSR count). The molecule has 2 aliphatic rings. The Hall–Kier alpha value is -3.30. The van der Waals surface area contributed by atoms with Crippen LogP contribution in [0.1, 0.15) is 86.5 Å². The lowest BCUT2D eigenvalue weighted by molar-refractivity contribution is -0.144. The number of carbonyl (C=O) groups is 5. The zero-order chi connectivity index (χ0) is 37.8. The molecule has 1 fully saturated rings. The van der Waals surface area contributed by atoms with Crippen LogP contribution >= 0.6 is 11.3 Å². The van der Waals surface area contributed by atoms with E-state index in [9.17, 15) is 32.4 Å². The third kappa shape index (κ3) is 9.52. The van der Waals surface area contributed by atoms with Crippen LogP contribution in [-0.2, 0) is 35.7 Å². The fourth-order valence-corrected chi connectivity index (χ4v) is 9.35. The predicted molar refractivity (Wildman–Crippen MR) is 194 cm³/mol. The number of ketones is 1. The van der Waals surface area contributed by atoms with Crippen LogP contribution < -0.4 is 21.3 Å². The van der Waals surface area contributed by atoms with E-state index in [1.165, 1.54) is 26.6 Å². The van der Waals surface area contributed by atoms with E-state index < -0.39 is 74.6 Å². The Labute approximate surface area is 301 Å². The van der Waals surface area contributed by atoms with E-state index in [0.29, 0.717) is 17.7 Å². The SMILES string of the molecule is C=CCNC(=O)C(=O)C(CCC)NC(=O)[C@@H]1C(C(C)C)CCN1C(=O)[C@@H](NC(=O)N[C@H](CN1Cc2sccc2S1(=O)=O)C(C)(C)C)C(C)(C)C. The first-order valence-corrected chi connectivity index (χ1v) is 19.6. The molecule has 0 aromatic carbocycles. The normalized spacial score (nSPS) is 20.8. The van der Waals surface area contributed by atoms with Gasteiger partial charge in [0, 0.05) is 37.1 Å². The van der Waals surface area contributed by atoms with Crippen LogP contribution in [-0.4, -0.2) is 91.0 Å². The summed E-state index contributed by atoms with van der Waals surface area (Å²) in [5.41, 5.74) is -1.32. The van der Waals surface area contributed by atoms with Crippen LogP contribution in [0.25, 0.3) is 0 Å². The molecule has 4 N–H and O–H groups in total. The van der Waals surface area contributed by atoms with Crippen molar-refractivity contribution >= 4 is 50.9 Å². The van der Waals surface area contributed by atoms with Gasteiger partial charge in [-0.25, -0.2) is 13.2 Å². The monoisotopic (exact) mass is 736 g/mol. The molecular formula is C35H56N6O7S2. The van der Waals surface area contributed by atoms with Crippen LogP contribution in [0.4, 0.5) is 4.79 Å². The Kier molecular flexibility index (Phi) is 13.5. The number of urea groups is 1. The van der Waals surface area contributed by atoms with Crippen molar-refractivity contribution in [3.8, 4) is 0 Å². The van der Waals surface area contributed by atoms with Crippen LogP contribution in [0.15, 0.2) is 29.0 Å². The van der Waals surface area contributed by atoms with Crippen molar-refractivity contribution in [3.05, 3.63) is 29.0 Å². The van der Waals surface area contributed by atoms with Gasteiger partial charge in [0.25, 0.3) is 5.91 Å². The number of amides is 5. The standard InChI is InChI=1S/C35H56N6O7S2/c1-11-13-23(28(42)31(44)36-16-12-2)37-30(43)27-22(21(3)4)14-17-41(27)32(45)29(35(8,9)10)39-33(46)38-26(34(5,6)7)20-40-19-24-25(15-18-49-24)50(40,47)48/h12,15,18,21-23,26-27,29H,2,11,13-14,16-17,19-20H2,1,3-10H3,(H,36,44)(H,37,43)(H2,38,39,46)/t22?,23?,26-,27+,29-/m1/s1. The molecule has 50 heavy (non-hydrogen) atoms. The van der Waals surface area contributed by atoms with Gasteiger partial charge >= 0.3 is 6.03 Å². The maximum atomic E-state index is 14.4. The van der Waals surface area contributed by atoms with E-state index in [1.54, 1.807) is 11.4 Å². The summed E-state index contributed by atoms with van der Waals surface area (Å²) in [5.74, 6) is -2.77. The highest BCUT2D eigenvalue weighted by atomic mass is 32.2. The first-order chi connectivity index (χ1) is 23.1. The summed E-state index contributed by atoms with van der Waals surface area (Å²) >= 11 is 1.38. The van der Waals surface area contributed by atoms with Crippen LogP contribution in [0.2, 0.25) is 0 Å². The summed E-state index contributed by atoms with van der Waals surface area (Å²) in [7, 11) is -3.69. The molecule has 5 amide bonds. The van der Waals surface area contributed by atoms with Crippen molar-refractivity contribution < 1.29 is 32.4 Å². The van der Waals surface area contributed by atoms with E-state index in [0.717, 1.165) is 4.88 Å². The Morgan fingerprint density at radius 1 is 1.04 bits per heavy atom. The second kappa shape index (κ2) is 16.4. The molecule has 1 saturated heterocycles. The van der Waals surface area contributed by atoms with Crippen LogP contribution in [0.5, 0.6) is 0 Å². The molecule has 1 aromatic rings. The number of hydrogen-bond donors (Lipinski definition) is 4. The van der Waals surface area contributed by atoms with E-state index in [1.807, 2.05) is 62.3 Å². The maximum absolute atomic E-state index is 14.4. The van der Waals surface area contributed by atoms with Crippen molar-refractivity contribution in [1.82, 2.24) is 30.5 Å². The van der Waals surface area contributed by atoms with Gasteiger partial charge in [-0.1, -0.05) is 74.8 Å². The quantitative estimate of drug-likeness (QED) is 0.167. The van der Waals surface area contributed by atoms with Crippen molar-refractivity contribution in [2.24, 2.45) is 22.7 Å². The minimum Gasteiger partial charge on any atom is -0.346 e. The van der Waals surface area contributed by atoms with Crippen molar-refractivity contribution in [2.45, 2.75) is 117 Å². The Balaban J connectivity index is 1.83. The Bertz CT molecular complexity index is 1540. The van der Waals surface area contributed by atoms with Gasteiger partial charge in [0.2, 0.25) is 27.6 Å². The second-order valence-electron chi connectivity index (χ2n) is 15.7. The van der Waals surface area contributed by atoms with Gasteiger partial charge in [-0.15, -0.1) is 17.9 Å². The molecule has 280 valence electrons. The zero-order valence-electron chi connectivity index (χ0n) is 30.9. The summed E-state index contributed by atoms with van der Waals surface area (Å²) in [6.45, 7) is 21.1. The van der Waals surface area contributed by atoms with Gasteiger partial charge in [-0.3, -0.25) is 19.2 Å². The first kappa shape index (κ1) is 41.1. The summed E-state index contributed by atoms with van der Waals surface area (Å²) in [6, 6.07) is -2.68. The lowest BCUT2D eigenvalue weighted by Gasteiger charge is -2.38. The number of likely N-dealkylation sites (tertiary alicyclic amines) is 1. The molecule has 1 aromatic heterocycles. The van der Waals surface area contributed by atoms with Crippen molar-refractivity contribution in [2.75, 3.05) is 19.6 Å². The largest absolute Gasteiger partial charge is 0.346 e. The smallest absolute Gasteiger partial charge is 0.315 e. The molecule has 0 saturated carbocycles. The highest BCUT2D eigenvalue weighted by Gasteiger charge is 2.48. The second-order valence-corrected chi connectivity index (χ2v) is 18.6. The number of rotatable bonds is 14. The molecule has 0 radical (unpaired) electrons. The molecule has 2 unspecified atom stereocenters. The number of sulfonamides is 1. The van der Waals surface area contributed by atoms with Gasteiger partial charge < -0.3 is 26.2 Å². The van der Waals surface area contributed by atoms with E-state index in [-0.39, 0.29) is 44.4 Å². The fourth-order valence-electron chi connectivity index (χ4n) is 6.43. The van der Waals surface area contributed by atoms with Gasteiger partial charge in [-0.2, -0.15) is 4.31 Å². The van der Waals surface area contributed by atoms with Crippen molar-refractivity contribution in [3.63, 3.8) is 0 Å². The molecule has 0 bridgehead atoms. The first-order valence-electron chi connectivity index (χ1n) is 17.3. The topological polar surface area (TPSA) is 174 Å². The number of Topliss-reactive ketones (excluding diaryl/α,β-unsaturated/α-hetero) is 1.